The van der Waals surface area contributed by atoms with Gasteiger partial charge in [-0.05, 0) is 121 Å². The average Bonchev–Trinajstić information content (AvgIpc) is 3.27. The van der Waals surface area contributed by atoms with Crippen LogP contribution in [0.2, 0.25) is 10.0 Å². The maximum absolute atomic E-state index is 14.1. The van der Waals surface area contributed by atoms with Crippen LogP contribution in [0.5, 0.6) is 23.0 Å². The zero-order chi connectivity index (χ0) is 52.6. The predicted molar refractivity (Wildman–Crippen MR) is 270 cm³/mol. The Balaban J connectivity index is 1.23. The number of hydrogen-bond acceptors (Lipinski definition) is 8. The monoisotopic (exact) mass is 1030 g/mol. The van der Waals surface area contributed by atoms with Crippen molar-refractivity contribution in [2.75, 3.05) is 14.1 Å². The highest BCUT2D eigenvalue weighted by atomic mass is 35.5. The Morgan fingerprint density at radius 3 is 1.15 bits per heavy atom. The van der Waals surface area contributed by atoms with Crippen LogP contribution in [0.15, 0.2) is 97.1 Å². The molecule has 72 heavy (non-hydrogen) atoms. The van der Waals surface area contributed by atoms with E-state index in [-0.39, 0.29) is 84.0 Å². The second-order valence-electron chi connectivity index (χ2n) is 18.6. The van der Waals surface area contributed by atoms with Gasteiger partial charge in [-0.25, -0.2) is 17.6 Å². The summed E-state index contributed by atoms with van der Waals surface area (Å²) in [7, 11) is 3.37. The van der Waals surface area contributed by atoms with E-state index in [9.17, 15) is 37.4 Å². The summed E-state index contributed by atoms with van der Waals surface area (Å²) in [5.74, 6) is -4.28. The first-order valence-electron chi connectivity index (χ1n) is 23.2. The van der Waals surface area contributed by atoms with Crippen LogP contribution < -0.4 is 18.9 Å². The molecule has 0 bridgehead atoms. The molecule has 6 rings (SSSR count). The molecule has 0 fully saturated rings. The van der Waals surface area contributed by atoms with E-state index in [0.717, 1.165) is 45.5 Å². The molecule has 0 spiro atoms. The number of benzene rings is 6. The third-order valence-corrected chi connectivity index (χ3v) is 13.0. The summed E-state index contributed by atoms with van der Waals surface area (Å²) in [6.07, 6.45) is 0. The van der Waals surface area contributed by atoms with Gasteiger partial charge in [-0.3, -0.25) is 19.4 Å². The van der Waals surface area contributed by atoms with Crippen LogP contribution >= 0.6 is 23.2 Å². The van der Waals surface area contributed by atoms with Crippen molar-refractivity contribution in [1.82, 2.24) is 9.80 Å². The summed E-state index contributed by atoms with van der Waals surface area (Å²) in [6.45, 7) is 11.3. The maximum atomic E-state index is 14.1. The standard InChI is InChI=1S/C56H58Cl2F4N2O8/c1-31(2)53(55(65)66)63(7)25-39-19-47(57)51(23-49(39)69-27-35-15-41(59)21-42(60)16-35)71-29-37-11-9-13-45(33(37)5)46-14-10-12-38(34(46)6)30-72-52-24-50(70-28-36-17-43(61)22-44(62)18-36)40(20-48(52)58)26-64(8)54(32(3)4)56(67)68/h9-24,31-32,53-54H,25-30H2,1-8H3,(H,65,66)(H,67,68). The van der Waals surface area contributed by atoms with E-state index in [1.54, 1.807) is 48.2 Å². The molecule has 0 radical (unpaired) electrons. The Hall–Kier alpha value is -6.32. The van der Waals surface area contributed by atoms with Gasteiger partial charge in [-0.2, -0.15) is 0 Å². The number of likely N-dealkylation sites (N-methyl/N-ethyl adjacent to an activating group) is 2. The lowest BCUT2D eigenvalue weighted by atomic mass is 9.92. The molecule has 0 aliphatic heterocycles. The molecule has 10 nitrogen and oxygen atoms in total. The van der Waals surface area contributed by atoms with Gasteiger partial charge in [-0.15, -0.1) is 0 Å². The van der Waals surface area contributed by atoms with Crippen molar-refractivity contribution in [1.29, 1.82) is 0 Å². The zero-order valence-corrected chi connectivity index (χ0v) is 42.8. The Kier molecular flexibility index (Phi) is 18.6. The van der Waals surface area contributed by atoms with E-state index in [2.05, 4.69) is 0 Å². The highest BCUT2D eigenvalue weighted by Gasteiger charge is 2.29. The van der Waals surface area contributed by atoms with Crippen molar-refractivity contribution >= 4 is 35.1 Å². The van der Waals surface area contributed by atoms with Crippen LogP contribution in [0.3, 0.4) is 0 Å². The van der Waals surface area contributed by atoms with Gasteiger partial charge in [0.2, 0.25) is 0 Å². The molecule has 0 amide bonds. The van der Waals surface area contributed by atoms with E-state index in [1.165, 1.54) is 24.3 Å². The molecule has 0 aliphatic carbocycles. The first-order valence-corrected chi connectivity index (χ1v) is 23.9. The van der Waals surface area contributed by atoms with Crippen molar-refractivity contribution in [3.63, 3.8) is 0 Å². The third kappa shape index (κ3) is 14.0. The van der Waals surface area contributed by atoms with Crippen LogP contribution in [-0.4, -0.2) is 58.1 Å². The van der Waals surface area contributed by atoms with Gasteiger partial charge in [0.15, 0.2) is 0 Å². The summed E-state index contributed by atoms with van der Waals surface area (Å²) in [5, 5.41) is 20.4. The summed E-state index contributed by atoms with van der Waals surface area (Å²) >= 11 is 13.7. The van der Waals surface area contributed by atoms with E-state index >= 15 is 0 Å². The smallest absolute Gasteiger partial charge is 0.321 e. The van der Waals surface area contributed by atoms with E-state index in [0.29, 0.717) is 22.6 Å². The molecule has 16 heteroatoms. The minimum absolute atomic E-state index is 0.0980. The lowest BCUT2D eigenvalue weighted by Crippen LogP contribution is -2.41. The predicted octanol–water partition coefficient (Wildman–Crippen LogP) is 13.2. The summed E-state index contributed by atoms with van der Waals surface area (Å²) in [5.41, 5.74) is 7.01. The topological polar surface area (TPSA) is 118 Å². The number of halogens is 6. The molecule has 0 heterocycles. The molecule has 6 aromatic rings. The van der Waals surface area contributed by atoms with Crippen molar-refractivity contribution in [2.45, 2.75) is 93.1 Å². The average molecular weight is 1030 g/mol. The lowest BCUT2D eigenvalue weighted by molar-refractivity contribution is -0.145. The Morgan fingerprint density at radius 1 is 0.500 bits per heavy atom. The van der Waals surface area contributed by atoms with Crippen molar-refractivity contribution in [3.05, 3.63) is 175 Å². The fourth-order valence-corrected chi connectivity index (χ4v) is 9.35. The largest absolute Gasteiger partial charge is 0.488 e. The third-order valence-electron chi connectivity index (χ3n) is 12.4. The van der Waals surface area contributed by atoms with Gasteiger partial charge in [0.1, 0.15) is 84.8 Å². The van der Waals surface area contributed by atoms with E-state index in [1.807, 2.05) is 77.9 Å². The number of rotatable bonds is 23. The second-order valence-corrected chi connectivity index (χ2v) is 19.4. The van der Waals surface area contributed by atoms with E-state index < -0.39 is 47.3 Å². The molecule has 0 saturated heterocycles. The van der Waals surface area contributed by atoms with Crippen LogP contribution in [0.1, 0.15) is 72.2 Å². The van der Waals surface area contributed by atoms with Crippen LogP contribution in [-0.2, 0) is 49.1 Å². The molecule has 382 valence electrons. The van der Waals surface area contributed by atoms with Crippen LogP contribution in [0, 0.1) is 49.0 Å². The zero-order valence-electron chi connectivity index (χ0n) is 41.3. The van der Waals surface area contributed by atoms with Gasteiger partial charge in [-0.1, -0.05) is 87.3 Å². The molecular formula is C56H58Cl2F4N2O8. The number of aliphatic carboxylic acids is 2. The van der Waals surface area contributed by atoms with Gasteiger partial charge < -0.3 is 29.2 Å². The first-order chi connectivity index (χ1) is 34.1. The minimum atomic E-state index is -0.987. The molecule has 2 N–H and O–H groups in total. The Labute approximate surface area is 427 Å². The highest BCUT2D eigenvalue weighted by molar-refractivity contribution is 6.32. The van der Waals surface area contributed by atoms with Crippen molar-refractivity contribution in [2.24, 2.45) is 11.8 Å². The number of carboxylic acid groups (broad SMARTS) is 2. The molecule has 2 unspecified atom stereocenters. The SMILES string of the molecule is Cc1c(COc2cc(OCc3cc(F)cc(F)c3)c(CN(C)C(C(=O)O)C(C)C)cc2Cl)cccc1-c1cccc(COc2cc(OCc3cc(F)cc(F)c3)c(CN(C)C(C(=O)O)C(C)C)cc2Cl)c1C. The molecule has 0 aromatic heterocycles. The number of carbonyl (C=O) groups is 2. The summed E-state index contributed by atoms with van der Waals surface area (Å²) < 4.78 is 81.3. The lowest BCUT2D eigenvalue weighted by Gasteiger charge is -2.28. The number of carboxylic acids is 2. The first kappa shape index (κ1) is 55.0. The number of ether oxygens (including phenoxy) is 4. The molecule has 0 saturated carbocycles. The second kappa shape index (κ2) is 24.4. The van der Waals surface area contributed by atoms with Gasteiger partial charge >= 0.3 is 11.9 Å². The fourth-order valence-electron chi connectivity index (χ4n) is 8.87. The van der Waals surface area contributed by atoms with Crippen molar-refractivity contribution < 1.29 is 56.3 Å². The highest BCUT2D eigenvalue weighted by Crippen LogP contribution is 2.38. The van der Waals surface area contributed by atoms with Gasteiger partial charge in [0.25, 0.3) is 0 Å². The van der Waals surface area contributed by atoms with E-state index in [4.69, 9.17) is 42.1 Å². The van der Waals surface area contributed by atoms with Crippen molar-refractivity contribution in [3.8, 4) is 34.1 Å². The normalized spacial score (nSPS) is 12.4. The van der Waals surface area contributed by atoms with Crippen LogP contribution in [0.4, 0.5) is 17.6 Å². The fraction of sp³-hybridized carbons (Fsp3) is 0.321. The molecule has 6 aromatic carbocycles. The van der Waals surface area contributed by atoms with Gasteiger partial charge in [0.05, 0.1) is 10.0 Å². The molecule has 0 aliphatic rings. The minimum Gasteiger partial charge on any atom is -0.488 e. The Bertz CT molecular complexity index is 2680. The molecule has 2 atom stereocenters. The summed E-state index contributed by atoms with van der Waals surface area (Å²) in [4.78, 5) is 27.7. The molecular weight excluding hydrogens is 976 g/mol. The quantitative estimate of drug-likeness (QED) is 0.0601. The van der Waals surface area contributed by atoms with Crippen LogP contribution in [0.25, 0.3) is 11.1 Å². The number of nitrogens with zero attached hydrogens (tertiary/aromatic N) is 2. The number of hydrogen-bond donors (Lipinski definition) is 2. The summed E-state index contributed by atoms with van der Waals surface area (Å²) in [6, 6.07) is 22.8. The van der Waals surface area contributed by atoms with Gasteiger partial charge in [0, 0.05) is 48.5 Å². The maximum Gasteiger partial charge on any atom is 0.321 e. The Morgan fingerprint density at radius 2 is 0.833 bits per heavy atom.